The number of nitrogens with one attached hydrogen (secondary N) is 2. The van der Waals surface area contributed by atoms with Crippen molar-refractivity contribution in [2.45, 2.75) is 24.2 Å². The summed E-state index contributed by atoms with van der Waals surface area (Å²) in [7, 11) is -3.60. The largest absolute Gasteiger partial charge is 0.316 e. The van der Waals surface area contributed by atoms with Crippen LogP contribution in [0.1, 0.15) is 19.3 Å². The van der Waals surface area contributed by atoms with E-state index in [0.29, 0.717) is 17.5 Å². The van der Waals surface area contributed by atoms with Gasteiger partial charge in [0.1, 0.15) is 4.90 Å². The first kappa shape index (κ1) is 16.0. The molecule has 2 N–H and O–H groups in total. The van der Waals surface area contributed by atoms with Gasteiger partial charge in [-0.3, -0.25) is 0 Å². The first-order valence-electron chi connectivity index (χ1n) is 6.64. The van der Waals surface area contributed by atoms with Gasteiger partial charge in [0.15, 0.2) is 0 Å². The van der Waals surface area contributed by atoms with Crippen LogP contribution in [0, 0.1) is 5.92 Å². The summed E-state index contributed by atoms with van der Waals surface area (Å²) in [5, 5.41) is 3.85. The van der Waals surface area contributed by atoms with Crippen LogP contribution in [0.5, 0.6) is 0 Å². The average Bonchev–Trinajstić information content (AvgIpc) is 2.42. The molecule has 0 aromatic heterocycles. The molecule has 1 saturated heterocycles. The average molecular weight is 337 g/mol. The molecule has 1 unspecified atom stereocenters. The number of sulfonamides is 1. The van der Waals surface area contributed by atoms with Gasteiger partial charge in [0, 0.05) is 11.6 Å². The molecule has 4 nitrogen and oxygen atoms in total. The lowest BCUT2D eigenvalue weighted by Gasteiger charge is -2.22. The van der Waals surface area contributed by atoms with Gasteiger partial charge < -0.3 is 5.32 Å². The summed E-state index contributed by atoms with van der Waals surface area (Å²) < 4.78 is 26.9. The summed E-state index contributed by atoms with van der Waals surface area (Å²) in [6, 6.07) is 4.43. The Morgan fingerprint density at radius 3 is 2.85 bits per heavy atom. The Bertz CT molecular complexity index is 557. The van der Waals surface area contributed by atoms with E-state index in [0.717, 1.165) is 32.4 Å². The van der Waals surface area contributed by atoms with Crippen LogP contribution in [-0.4, -0.2) is 28.1 Å². The molecule has 1 aliphatic rings. The van der Waals surface area contributed by atoms with E-state index in [1.807, 2.05) is 0 Å². The zero-order chi connectivity index (χ0) is 14.6. The Morgan fingerprint density at radius 1 is 1.35 bits per heavy atom. The minimum atomic E-state index is -3.60. The molecule has 112 valence electrons. The third kappa shape index (κ3) is 4.33. The predicted molar refractivity (Wildman–Crippen MR) is 81.9 cm³/mol. The van der Waals surface area contributed by atoms with Crippen molar-refractivity contribution >= 4 is 33.2 Å². The Kier molecular flexibility index (Phi) is 5.69. The summed E-state index contributed by atoms with van der Waals surface area (Å²) in [5.41, 5.74) is 0. The molecule has 20 heavy (non-hydrogen) atoms. The van der Waals surface area contributed by atoms with Gasteiger partial charge in [0.05, 0.1) is 5.02 Å². The van der Waals surface area contributed by atoms with Crippen molar-refractivity contribution < 1.29 is 8.42 Å². The van der Waals surface area contributed by atoms with Crippen molar-refractivity contribution in [1.29, 1.82) is 0 Å². The highest BCUT2D eigenvalue weighted by Crippen LogP contribution is 2.25. The first-order chi connectivity index (χ1) is 9.49. The molecule has 7 heteroatoms. The summed E-state index contributed by atoms with van der Waals surface area (Å²) in [5.74, 6) is 0.529. The fourth-order valence-corrected chi connectivity index (χ4v) is 4.14. The number of piperidine rings is 1. The molecule has 1 heterocycles. The quantitative estimate of drug-likeness (QED) is 0.868. The predicted octanol–water partition coefficient (Wildman–Crippen LogP) is 2.66. The van der Waals surface area contributed by atoms with E-state index in [9.17, 15) is 8.42 Å². The first-order valence-corrected chi connectivity index (χ1v) is 8.88. The maximum Gasteiger partial charge on any atom is 0.242 e. The van der Waals surface area contributed by atoms with Gasteiger partial charge in [-0.05, 0) is 56.5 Å². The summed E-state index contributed by atoms with van der Waals surface area (Å²) in [6.07, 6.45) is 3.12. The molecular formula is C13H18Cl2N2O2S. The molecule has 1 fully saturated rings. The lowest BCUT2D eigenvalue weighted by atomic mass is 9.96. The number of benzene rings is 1. The van der Waals surface area contributed by atoms with E-state index in [4.69, 9.17) is 23.2 Å². The molecule has 1 aromatic rings. The normalized spacial score (nSPS) is 20.0. The van der Waals surface area contributed by atoms with Crippen molar-refractivity contribution in [2.24, 2.45) is 5.92 Å². The van der Waals surface area contributed by atoms with Crippen LogP contribution in [0.25, 0.3) is 0 Å². The number of hydrogen-bond acceptors (Lipinski definition) is 3. The molecule has 0 amide bonds. The smallest absolute Gasteiger partial charge is 0.242 e. The third-order valence-electron chi connectivity index (χ3n) is 3.43. The standard InChI is InChI=1S/C13H18Cl2N2O2S/c14-11-3-4-12(15)13(8-11)20(18,19)17-7-5-10-2-1-6-16-9-10/h3-4,8,10,16-17H,1-2,5-7,9H2. The van der Waals surface area contributed by atoms with Crippen LogP contribution in [0.15, 0.2) is 23.1 Å². The van der Waals surface area contributed by atoms with Gasteiger partial charge in [-0.15, -0.1) is 0 Å². The minimum absolute atomic E-state index is 0.0356. The van der Waals surface area contributed by atoms with Gasteiger partial charge in [-0.1, -0.05) is 23.2 Å². The summed E-state index contributed by atoms with van der Waals surface area (Å²) in [4.78, 5) is 0.0356. The Morgan fingerprint density at radius 2 is 2.15 bits per heavy atom. The van der Waals surface area contributed by atoms with Crippen LogP contribution in [0.4, 0.5) is 0 Å². The number of halogens is 2. The SMILES string of the molecule is O=S(=O)(NCCC1CCCNC1)c1cc(Cl)ccc1Cl. The van der Waals surface area contributed by atoms with Crippen molar-refractivity contribution in [3.05, 3.63) is 28.2 Å². The van der Waals surface area contributed by atoms with E-state index in [2.05, 4.69) is 10.0 Å². The number of hydrogen-bond donors (Lipinski definition) is 2. The van der Waals surface area contributed by atoms with Gasteiger partial charge in [0.2, 0.25) is 10.0 Å². The molecule has 0 radical (unpaired) electrons. The Balaban J connectivity index is 1.95. The highest BCUT2D eigenvalue weighted by atomic mass is 35.5. The maximum atomic E-state index is 12.2. The van der Waals surface area contributed by atoms with Crippen LogP contribution in [0.2, 0.25) is 10.0 Å². The molecular weight excluding hydrogens is 319 g/mol. The van der Waals surface area contributed by atoms with Crippen molar-refractivity contribution in [2.75, 3.05) is 19.6 Å². The molecule has 0 saturated carbocycles. The van der Waals surface area contributed by atoms with E-state index < -0.39 is 10.0 Å². The molecule has 0 spiro atoms. The second-order valence-corrected chi connectivity index (χ2v) is 7.55. The monoisotopic (exact) mass is 336 g/mol. The second-order valence-electron chi connectivity index (χ2n) is 4.97. The highest BCUT2D eigenvalue weighted by molar-refractivity contribution is 7.89. The van der Waals surface area contributed by atoms with Gasteiger partial charge in [0.25, 0.3) is 0 Å². The van der Waals surface area contributed by atoms with Gasteiger partial charge >= 0.3 is 0 Å². The lowest BCUT2D eigenvalue weighted by molar-refractivity contribution is 0.358. The molecule has 0 bridgehead atoms. The van der Waals surface area contributed by atoms with Crippen LogP contribution < -0.4 is 10.0 Å². The van der Waals surface area contributed by atoms with E-state index in [-0.39, 0.29) is 9.92 Å². The molecule has 1 aliphatic heterocycles. The van der Waals surface area contributed by atoms with Gasteiger partial charge in [-0.25, -0.2) is 13.1 Å². The zero-order valence-corrected chi connectivity index (χ0v) is 13.4. The van der Waals surface area contributed by atoms with E-state index in [1.54, 1.807) is 6.07 Å². The lowest BCUT2D eigenvalue weighted by Crippen LogP contribution is -2.33. The molecule has 0 aliphatic carbocycles. The zero-order valence-electron chi connectivity index (χ0n) is 11.0. The number of rotatable bonds is 5. The minimum Gasteiger partial charge on any atom is -0.316 e. The highest BCUT2D eigenvalue weighted by Gasteiger charge is 2.19. The van der Waals surface area contributed by atoms with Crippen molar-refractivity contribution in [3.63, 3.8) is 0 Å². The van der Waals surface area contributed by atoms with Crippen LogP contribution in [-0.2, 0) is 10.0 Å². The maximum absolute atomic E-state index is 12.2. The third-order valence-corrected chi connectivity index (χ3v) is 5.60. The van der Waals surface area contributed by atoms with E-state index in [1.165, 1.54) is 12.1 Å². The summed E-state index contributed by atoms with van der Waals surface area (Å²) >= 11 is 11.7. The fraction of sp³-hybridized carbons (Fsp3) is 0.538. The topological polar surface area (TPSA) is 58.2 Å². The van der Waals surface area contributed by atoms with Crippen molar-refractivity contribution in [3.8, 4) is 0 Å². The summed E-state index contributed by atoms with van der Waals surface area (Å²) in [6.45, 7) is 2.43. The van der Waals surface area contributed by atoms with Crippen LogP contribution in [0.3, 0.4) is 0 Å². The fourth-order valence-electron chi connectivity index (χ4n) is 2.33. The molecule has 1 atom stereocenters. The Labute approximate surface area is 129 Å². The van der Waals surface area contributed by atoms with E-state index >= 15 is 0 Å². The van der Waals surface area contributed by atoms with Gasteiger partial charge in [-0.2, -0.15) is 0 Å². The molecule has 1 aromatic carbocycles. The second kappa shape index (κ2) is 7.09. The van der Waals surface area contributed by atoms with Crippen LogP contribution >= 0.6 is 23.2 Å². The van der Waals surface area contributed by atoms with Crippen molar-refractivity contribution in [1.82, 2.24) is 10.0 Å². The Hall–Kier alpha value is -0.330. The molecule has 2 rings (SSSR count).